The summed E-state index contributed by atoms with van der Waals surface area (Å²) >= 11 is 0. The first-order valence-corrected chi connectivity index (χ1v) is 32.6. The number of aliphatic imine (C=N–C) groups is 2. The van der Waals surface area contributed by atoms with Gasteiger partial charge < -0.3 is 55.9 Å². The van der Waals surface area contributed by atoms with Crippen molar-refractivity contribution in [3.05, 3.63) is 44.5 Å². The molecule has 0 radical (unpaired) electrons. The minimum atomic E-state index is -4.19. The molecule has 2 aliphatic rings. The van der Waals surface area contributed by atoms with Crippen molar-refractivity contribution >= 4 is 64.4 Å². The monoisotopic (exact) mass is 1180 g/mol. The molecule has 0 aromatic heterocycles. The Bertz CT molecular complexity index is 2840. The maximum absolute atomic E-state index is 14.0. The number of carbonyl (C=O) groups is 4. The van der Waals surface area contributed by atoms with Crippen molar-refractivity contribution in [2.24, 2.45) is 33.1 Å². The number of hydrogen-bond donors (Lipinski definition) is 8. The zero-order chi connectivity index (χ0) is 60.0. The molecular formula is C54H90N10O13S2Si. The number of ketones is 1. The van der Waals surface area contributed by atoms with Crippen molar-refractivity contribution in [1.82, 2.24) is 25.4 Å². The molecule has 4 rings (SSSR count). The molecule has 11 N–H and O–H groups in total. The summed E-state index contributed by atoms with van der Waals surface area (Å²) in [4.78, 5) is 61.3. The SMILES string of the molecule is CCO[Si](CCCNC(=O)NCCCCC(=O)N[C@@H](CCCN=C(N)NS(=O)(=O)c1c(C)c(C)c2c(c1C)CC(C)(C)O2)C(=O)C[C@@H](CCCN=C(N)NS(=O)(=O)c1c(C)c(C)c2c(c1C)CC(C)(C)O2)C(N)=O)(OCC)OCC. The number of fused-ring (bicyclic) bond motifs is 2. The molecule has 2 aromatic rings. The molecule has 0 saturated heterocycles. The van der Waals surface area contributed by atoms with Gasteiger partial charge in [0, 0.05) is 94.8 Å². The number of primary amides is 1. The van der Waals surface area contributed by atoms with Crippen molar-refractivity contribution in [2.45, 2.75) is 194 Å². The average Bonchev–Trinajstić information content (AvgIpc) is 3.96. The standard InChI is InChI=1S/C54H90N10O13S2Si/c1-14-73-80(74-15-2,75-16-3)29-21-28-61-52(68)60-25-18-17-24-44(66)62-42(23-20-27-59-51(57)64-79(71,72)48-36(7)34(5)46-41(38(48)9)32-54(12,13)77-46)43(65)30-39(49(55)67)22-19-26-58-50(56)63-78(69,70)47-35(6)33(4)45-40(37(47)8)31-53(10,11)76-45/h39,42H,14-32H2,1-13H3,(H2,55,67)(H,62,66)(H3,56,58,63)(H3,57,59,64)(H2,60,61,68)/t39-,42+/m1/s1. The molecule has 0 aliphatic carbocycles. The topological polar surface area (TPSA) is 346 Å². The number of ether oxygens (including phenoxy) is 2. The summed E-state index contributed by atoms with van der Waals surface area (Å²) in [5.74, 6) is -2.02. The highest BCUT2D eigenvalue weighted by atomic mass is 32.2. The van der Waals surface area contributed by atoms with E-state index in [0.29, 0.717) is 109 Å². The zero-order valence-corrected chi connectivity index (χ0v) is 52.0. The molecule has 450 valence electrons. The molecule has 0 spiro atoms. The number of sulfonamides is 2. The number of rotatable bonds is 32. The van der Waals surface area contributed by atoms with Crippen LogP contribution in [0, 0.1) is 47.5 Å². The highest BCUT2D eigenvalue weighted by Gasteiger charge is 2.41. The van der Waals surface area contributed by atoms with E-state index in [1.54, 1.807) is 27.7 Å². The number of Topliss-reactive ketones (excluding diaryl/α,β-unsaturated/α-hetero) is 1. The predicted molar refractivity (Wildman–Crippen MR) is 310 cm³/mol. The zero-order valence-electron chi connectivity index (χ0n) is 49.3. The third-order valence-corrected chi connectivity index (χ3v) is 20.7. The number of unbranched alkanes of at least 4 members (excludes halogenated alkanes) is 1. The first-order valence-electron chi connectivity index (χ1n) is 27.7. The van der Waals surface area contributed by atoms with Crippen molar-refractivity contribution < 1.29 is 58.8 Å². The van der Waals surface area contributed by atoms with Gasteiger partial charge in [0.2, 0.25) is 23.7 Å². The van der Waals surface area contributed by atoms with Crippen molar-refractivity contribution in [2.75, 3.05) is 46.0 Å². The van der Waals surface area contributed by atoms with E-state index in [9.17, 15) is 36.0 Å². The largest absolute Gasteiger partial charge is 0.500 e. The molecule has 2 aliphatic heterocycles. The molecule has 2 heterocycles. The molecule has 4 amide bonds. The highest BCUT2D eigenvalue weighted by Crippen LogP contribution is 2.45. The summed E-state index contributed by atoms with van der Waals surface area (Å²) in [6, 6.07) is -0.910. The van der Waals surface area contributed by atoms with Crippen LogP contribution in [0.25, 0.3) is 0 Å². The lowest BCUT2D eigenvalue weighted by Gasteiger charge is -2.28. The van der Waals surface area contributed by atoms with E-state index in [2.05, 4.69) is 35.4 Å². The molecule has 0 saturated carbocycles. The molecule has 0 bridgehead atoms. The van der Waals surface area contributed by atoms with Crippen LogP contribution in [0.1, 0.15) is 151 Å². The van der Waals surface area contributed by atoms with Gasteiger partial charge >= 0.3 is 14.8 Å². The smallest absolute Gasteiger partial charge is 0.487 e. The summed E-state index contributed by atoms with van der Waals surface area (Å²) < 4.78 is 89.7. The fraction of sp³-hybridized carbons (Fsp3) is 0.667. The van der Waals surface area contributed by atoms with E-state index in [-0.39, 0.29) is 85.9 Å². The van der Waals surface area contributed by atoms with Gasteiger partial charge in [0.1, 0.15) is 22.7 Å². The van der Waals surface area contributed by atoms with Gasteiger partial charge in [-0.2, -0.15) is 0 Å². The van der Waals surface area contributed by atoms with Crippen LogP contribution >= 0.6 is 0 Å². The van der Waals surface area contributed by atoms with Crippen LogP contribution in [-0.2, 0) is 60.5 Å². The van der Waals surface area contributed by atoms with E-state index in [1.165, 1.54) is 0 Å². The Hall–Kier alpha value is -5.54. The van der Waals surface area contributed by atoms with Gasteiger partial charge in [-0.25, -0.2) is 31.1 Å². The predicted octanol–water partition coefficient (Wildman–Crippen LogP) is 4.86. The van der Waals surface area contributed by atoms with Crippen LogP contribution in [-0.4, -0.2) is 124 Å². The summed E-state index contributed by atoms with van der Waals surface area (Å²) in [5.41, 5.74) is 22.3. The Labute approximate surface area is 475 Å². The highest BCUT2D eigenvalue weighted by molar-refractivity contribution is 7.90. The maximum atomic E-state index is 14.0. The Morgan fingerprint density at radius 1 is 0.625 bits per heavy atom. The number of nitrogens with zero attached hydrogens (tertiary/aromatic N) is 2. The molecule has 0 unspecified atom stereocenters. The second-order valence-electron chi connectivity index (χ2n) is 21.7. The quantitative estimate of drug-likeness (QED) is 0.0210. The van der Waals surface area contributed by atoms with E-state index in [1.807, 2.05) is 62.3 Å². The maximum Gasteiger partial charge on any atom is 0.500 e. The second kappa shape index (κ2) is 28.9. The number of guanidine groups is 2. The van der Waals surface area contributed by atoms with E-state index in [0.717, 1.165) is 11.1 Å². The lowest BCUT2D eigenvalue weighted by atomic mass is 9.92. The van der Waals surface area contributed by atoms with Gasteiger partial charge in [0.25, 0.3) is 20.0 Å². The van der Waals surface area contributed by atoms with E-state index < -0.39 is 69.6 Å². The van der Waals surface area contributed by atoms with Gasteiger partial charge in [-0.15, -0.1) is 0 Å². The minimum Gasteiger partial charge on any atom is -0.487 e. The lowest BCUT2D eigenvalue weighted by Crippen LogP contribution is -2.46. The van der Waals surface area contributed by atoms with Gasteiger partial charge in [0.05, 0.1) is 15.8 Å². The summed E-state index contributed by atoms with van der Waals surface area (Å²) in [6.07, 6.45) is 2.68. The fourth-order valence-corrected chi connectivity index (χ4v) is 15.9. The van der Waals surface area contributed by atoms with Crippen LogP contribution in [0.4, 0.5) is 4.79 Å². The number of hydrogen-bond acceptors (Lipinski definition) is 15. The molecule has 26 heteroatoms. The number of nitrogens with two attached hydrogens (primary N) is 3. The Morgan fingerprint density at radius 3 is 1.50 bits per heavy atom. The first-order chi connectivity index (χ1) is 37.3. The van der Waals surface area contributed by atoms with Gasteiger partial charge in [-0.1, -0.05) is 0 Å². The Morgan fingerprint density at radius 2 is 1.06 bits per heavy atom. The fourth-order valence-electron chi connectivity index (χ4n) is 10.3. The number of nitrogens with one attached hydrogen (secondary N) is 5. The average molecular weight is 1180 g/mol. The van der Waals surface area contributed by atoms with Gasteiger partial charge in [0.15, 0.2) is 5.78 Å². The van der Waals surface area contributed by atoms with Gasteiger partial charge in [-0.3, -0.25) is 24.4 Å². The molecule has 0 fully saturated rings. The number of urea groups is 1. The summed E-state index contributed by atoms with van der Waals surface area (Å²) in [7, 11) is -11.2. The van der Waals surface area contributed by atoms with E-state index in [4.69, 9.17) is 40.0 Å². The van der Waals surface area contributed by atoms with E-state index >= 15 is 0 Å². The van der Waals surface area contributed by atoms with Crippen molar-refractivity contribution in [3.63, 3.8) is 0 Å². The van der Waals surface area contributed by atoms with Crippen molar-refractivity contribution in [3.8, 4) is 11.5 Å². The van der Waals surface area contributed by atoms with Crippen LogP contribution in [0.5, 0.6) is 11.5 Å². The van der Waals surface area contributed by atoms with Crippen LogP contribution in [0.3, 0.4) is 0 Å². The number of carbonyl (C=O) groups excluding carboxylic acids is 4. The molecule has 2 aromatic carbocycles. The van der Waals surface area contributed by atoms with Crippen LogP contribution in [0.2, 0.25) is 6.04 Å². The second-order valence-corrected chi connectivity index (χ2v) is 27.7. The molecule has 80 heavy (non-hydrogen) atoms. The third-order valence-electron chi connectivity index (χ3n) is 14.3. The molecular weight excluding hydrogens is 1090 g/mol. The minimum absolute atomic E-state index is 0.00728. The Balaban J connectivity index is 1.38. The van der Waals surface area contributed by atoms with Crippen molar-refractivity contribution in [1.29, 1.82) is 0 Å². The van der Waals surface area contributed by atoms with Crippen LogP contribution < -0.4 is 52.1 Å². The summed E-state index contributed by atoms with van der Waals surface area (Å²) in [6.45, 7) is 25.9. The first kappa shape index (κ1) is 67.0. The van der Waals surface area contributed by atoms with Crippen LogP contribution in [0.15, 0.2) is 19.8 Å². The number of amides is 4. The summed E-state index contributed by atoms with van der Waals surface area (Å²) in [5, 5.41) is 8.40. The number of benzene rings is 2. The third kappa shape index (κ3) is 18.2. The lowest BCUT2D eigenvalue weighted by molar-refractivity contribution is -0.131. The Kier molecular flexibility index (Phi) is 24.2. The molecule has 2 atom stereocenters. The van der Waals surface area contributed by atoms with Gasteiger partial charge in [-0.05, 0) is 168 Å². The molecule has 23 nitrogen and oxygen atoms in total. The normalized spacial score (nSPS) is 15.7.